The summed E-state index contributed by atoms with van der Waals surface area (Å²) in [5, 5.41) is 10.9. The Hall–Kier alpha value is -2.74. The van der Waals surface area contributed by atoms with Crippen LogP contribution in [0.3, 0.4) is 0 Å². The van der Waals surface area contributed by atoms with Gasteiger partial charge >= 0.3 is 0 Å². The van der Waals surface area contributed by atoms with Crippen LogP contribution < -0.4 is 4.74 Å². The molecule has 0 unspecified atom stereocenters. The molecule has 1 saturated heterocycles. The molecule has 7 heteroatoms. The van der Waals surface area contributed by atoms with Gasteiger partial charge < -0.3 is 9.47 Å². The fourth-order valence-corrected chi connectivity index (χ4v) is 4.48. The maximum absolute atomic E-state index is 6.05. The van der Waals surface area contributed by atoms with Crippen LogP contribution in [0, 0.1) is 0 Å². The van der Waals surface area contributed by atoms with Crippen molar-refractivity contribution in [1.29, 1.82) is 0 Å². The van der Waals surface area contributed by atoms with Gasteiger partial charge in [0.05, 0.1) is 19.2 Å². The van der Waals surface area contributed by atoms with Gasteiger partial charge in [-0.3, -0.25) is 4.90 Å². The van der Waals surface area contributed by atoms with Crippen molar-refractivity contribution in [2.75, 3.05) is 26.8 Å². The number of benzene rings is 1. The molecule has 4 heterocycles. The number of nitrogens with zero attached hydrogens (tertiary/aromatic N) is 4. The van der Waals surface area contributed by atoms with E-state index in [1.165, 1.54) is 4.88 Å². The molecular weight excluding hydrogens is 384 g/mol. The number of thiophene rings is 1. The summed E-state index contributed by atoms with van der Waals surface area (Å²) in [6.07, 6.45) is 1.95. The first-order chi connectivity index (χ1) is 14.3. The highest BCUT2D eigenvalue weighted by molar-refractivity contribution is 7.09. The van der Waals surface area contributed by atoms with Crippen LogP contribution in [0.4, 0.5) is 0 Å². The number of fused-ring (bicyclic) bond motifs is 1. The topological polar surface area (TPSA) is 51.9 Å². The summed E-state index contributed by atoms with van der Waals surface area (Å²) < 4.78 is 13.1. The van der Waals surface area contributed by atoms with Gasteiger partial charge in [-0.15, -0.1) is 16.4 Å². The normalized spacial score (nSPS) is 17.6. The minimum Gasteiger partial charge on any atom is -0.497 e. The highest BCUT2D eigenvalue weighted by Gasteiger charge is 2.26. The summed E-state index contributed by atoms with van der Waals surface area (Å²) in [4.78, 5) is 3.80. The van der Waals surface area contributed by atoms with Crippen molar-refractivity contribution in [3.63, 3.8) is 0 Å². The molecule has 0 saturated carbocycles. The van der Waals surface area contributed by atoms with Gasteiger partial charge in [-0.25, -0.2) is 4.52 Å². The molecule has 29 heavy (non-hydrogen) atoms. The largest absolute Gasteiger partial charge is 0.497 e. The maximum Gasteiger partial charge on any atom is 0.121 e. The molecule has 0 N–H and O–H groups in total. The summed E-state index contributed by atoms with van der Waals surface area (Å²) in [5.74, 6) is 0.847. The number of aromatic nitrogens is 3. The second-order valence-electron chi connectivity index (χ2n) is 7.12. The molecule has 0 amide bonds. The van der Waals surface area contributed by atoms with Crippen LogP contribution >= 0.6 is 11.3 Å². The van der Waals surface area contributed by atoms with Crippen LogP contribution in [0.5, 0.6) is 5.75 Å². The fourth-order valence-electron chi connectivity index (χ4n) is 3.73. The van der Waals surface area contributed by atoms with Gasteiger partial charge in [-0.1, -0.05) is 29.5 Å². The molecule has 0 aliphatic carbocycles. The molecule has 0 spiro atoms. The zero-order valence-electron chi connectivity index (χ0n) is 16.2. The molecule has 4 aromatic rings. The molecule has 1 fully saturated rings. The lowest BCUT2D eigenvalue weighted by molar-refractivity contribution is -0.0340. The van der Waals surface area contributed by atoms with Gasteiger partial charge in [0, 0.05) is 36.3 Å². The van der Waals surface area contributed by atoms with Crippen molar-refractivity contribution in [3.05, 3.63) is 70.7 Å². The molecule has 0 bridgehead atoms. The lowest BCUT2D eigenvalue weighted by Crippen LogP contribution is -2.37. The number of methoxy groups -OCH3 is 1. The molecule has 1 atom stereocenters. The molecular formula is C22H22N4O2S. The summed E-state index contributed by atoms with van der Waals surface area (Å²) in [5.41, 5.74) is 4.09. The van der Waals surface area contributed by atoms with E-state index in [1.807, 2.05) is 35.0 Å². The average molecular weight is 407 g/mol. The lowest BCUT2D eigenvalue weighted by Gasteiger charge is -2.31. The number of hydrogen-bond donors (Lipinski definition) is 0. The van der Waals surface area contributed by atoms with Crippen molar-refractivity contribution in [2.45, 2.75) is 12.6 Å². The highest BCUT2D eigenvalue weighted by atomic mass is 32.1. The van der Waals surface area contributed by atoms with E-state index in [1.54, 1.807) is 18.4 Å². The van der Waals surface area contributed by atoms with Crippen molar-refractivity contribution in [3.8, 4) is 16.9 Å². The second-order valence-corrected chi connectivity index (χ2v) is 8.16. The Morgan fingerprint density at radius 2 is 2.00 bits per heavy atom. The number of pyridine rings is 1. The zero-order chi connectivity index (χ0) is 19.6. The number of rotatable bonds is 5. The number of morpholine rings is 1. The van der Waals surface area contributed by atoms with Crippen molar-refractivity contribution in [2.24, 2.45) is 0 Å². The first-order valence-electron chi connectivity index (χ1n) is 9.66. The van der Waals surface area contributed by atoms with E-state index in [-0.39, 0.29) is 6.10 Å². The average Bonchev–Trinajstić information content (AvgIpc) is 3.43. The molecule has 5 rings (SSSR count). The van der Waals surface area contributed by atoms with Crippen LogP contribution in [-0.4, -0.2) is 46.5 Å². The third kappa shape index (κ3) is 3.76. The van der Waals surface area contributed by atoms with Gasteiger partial charge in [-0.05, 0) is 35.2 Å². The minimum atomic E-state index is -0.0620. The Labute approximate surface area is 173 Å². The summed E-state index contributed by atoms with van der Waals surface area (Å²) >= 11 is 1.80. The first kappa shape index (κ1) is 18.3. The standard InChI is InChI=1S/C22H22N4O2S/c1-27-18-7-4-16(5-8-18)17-6-9-20-22(23-24-26(20)13-17)21-15-25(10-11-28-21)14-19-3-2-12-29-19/h2-9,12-13,21H,10-11,14-15H2,1H3/t21-/m1/s1. The molecule has 148 valence electrons. The van der Waals surface area contributed by atoms with Gasteiger partial charge in [0.1, 0.15) is 17.5 Å². The first-order valence-corrected chi connectivity index (χ1v) is 10.5. The van der Waals surface area contributed by atoms with Crippen molar-refractivity contribution >= 4 is 16.9 Å². The van der Waals surface area contributed by atoms with E-state index in [2.05, 4.69) is 44.9 Å². The third-order valence-corrected chi connectivity index (χ3v) is 6.14. The molecule has 1 aliphatic rings. The molecule has 6 nitrogen and oxygen atoms in total. The Morgan fingerprint density at radius 3 is 2.79 bits per heavy atom. The van der Waals surface area contributed by atoms with Gasteiger partial charge in [-0.2, -0.15) is 0 Å². The summed E-state index contributed by atoms with van der Waals surface area (Å²) in [6.45, 7) is 3.43. The van der Waals surface area contributed by atoms with Gasteiger partial charge in [0.25, 0.3) is 0 Å². The van der Waals surface area contributed by atoms with E-state index in [4.69, 9.17) is 9.47 Å². The van der Waals surface area contributed by atoms with E-state index in [0.717, 1.165) is 47.7 Å². The van der Waals surface area contributed by atoms with Crippen LogP contribution in [0.1, 0.15) is 16.7 Å². The van der Waals surface area contributed by atoms with E-state index < -0.39 is 0 Å². The highest BCUT2D eigenvalue weighted by Crippen LogP contribution is 2.28. The van der Waals surface area contributed by atoms with Crippen LogP contribution in [-0.2, 0) is 11.3 Å². The third-order valence-electron chi connectivity index (χ3n) is 5.28. The molecule has 3 aromatic heterocycles. The fraction of sp³-hybridized carbons (Fsp3) is 0.273. The quantitative estimate of drug-likeness (QED) is 0.501. The van der Waals surface area contributed by atoms with E-state index in [0.29, 0.717) is 6.61 Å². The second kappa shape index (κ2) is 7.94. The Morgan fingerprint density at radius 1 is 1.14 bits per heavy atom. The smallest absolute Gasteiger partial charge is 0.121 e. The number of hydrogen-bond acceptors (Lipinski definition) is 6. The van der Waals surface area contributed by atoms with E-state index >= 15 is 0 Å². The molecule has 1 aliphatic heterocycles. The molecule has 0 radical (unpaired) electrons. The van der Waals surface area contributed by atoms with Gasteiger partial charge in [0.2, 0.25) is 0 Å². The van der Waals surface area contributed by atoms with Crippen molar-refractivity contribution in [1.82, 2.24) is 19.7 Å². The predicted octanol–water partition coefficient (Wildman–Crippen LogP) is 4.04. The minimum absolute atomic E-state index is 0.0620. The van der Waals surface area contributed by atoms with Crippen LogP contribution in [0.15, 0.2) is 60.1 Å². The zero-order valence-corrected chi connectivity index (χ0v) is 17.0. The predicted molar refractivity (Wildman–Crippen MR) is 113 cm³/mol. The summed E-state index contributed by atoms with van der Waals surface area (Å²) in [6, 6.07) is 16.5. The van der Waals surface area contributed by atoms with Crippen LogP contribution in [0.25, 0.3) is 16.6 Å². The lowest BCUT2D eigenvalue weighted by atomic mass is 10.1. The van der Waals surface area contributed by atoms with Gasteiger partial charge in [0.15, 0.2) is 0 Å². The Bertz CT molecular complexity index is 1090. The number of ether oxygens (including phenoxy) is 2. The Balaban J connectivity index is 1.37. The maximum atomic E-state index is 6.05. The van der Waals surface area contributed by atoms with Crippen molar-refractivity contribution < 1.29 is 9.47 Å². The SMILES string of the molecule is COc1ccc(-c2ccc3c([C@H]4CN(Cc5cccs5)CCO4)nnn3c2)cc1. The monoisotopic (exact) mass is 406 g/mol. The Kier molecular flexibility index (Phi) is 5.01. The molecule has 1 aromatic carbocycles. The summed E-state index contributed by atoms with van der Waals surface area (Å²) in [7, 11) is 1.67. The van der Waals surface area contributed by atoms with Crippen LogP contribution in [0.2, 0.25) is 0 Å². The van der Waals surface area contributed by atoms with E-state index in [9.17, 15) is 0 Å².